The topological polar surface area (TPSA) is 81.6 Å². The van der Waals surface area contributed by atoms with E-state index in [0.29, 0.717) is 11.5 Å². The lowest BCUT2D eigenvalue weighted by Gasteiger charge is -2.28. The van der Waals surface area contributed by atoms with E-state index in [9.17, 15) is 9.90 Å². The van der Waals surface area contributed by atoms with Crippen LogP contribution in [0.4, 0.5) is 0 Å². The number of hydrogen-bond acceptors (Lipinski definition) is 4. The Bertz CT molecular complexity index is 981. The fraction of sp³-hybridized carbons (Fsp3) is 0.577. The summed E-state index contributed by atoms with van der Waals surface area (Å²) >= 11 is 3.32. The number of carbonyl (C=O) groups is 1. The fourth-order valence-electron chi connectivity index (χ4n) is 4.80. The molecule has 0 aliphatic carbocycles. The Morgan fingerprint density at radius 1 is 1.21 bits per heavy atom. The minimum atomic E-state index is -0.283. The molecule has 33 heavy (non-hydrogen) atoms. The van der Waals surface area contributed by atoms with Gasteiger partial charge in [-0.1, -0.05) is 54.9 Å². The molecule has 2 atom stereocenters. The standard InChI is InChI=1S/C26H37BrN4O2/c1-8-9-16-13-31(24(30-27)22(16)20-12-28-15-29-20)14-21(32)17-10-18(25(2,3)4)23(33)19(11-17)26(5,6)7/h10-12,15-16,22,33H,8-9,13-14H2,1-7H3,(H,28,29)/t16-,22-/m0/s1. The number of aromatic nitrogens is 2. The first-order chi connectivity index (χ1) is 15.4. The second kappa shape index (κ2) is 9.61. The molecule has 2 N–H and O–H groups in total. The molecular formula is C26H37BrN4O2. The van der Waals surface area contributed by atoms with Crippen LogP contribution in [-0.4, -0.2) is 44.7 Å². The number of nitrogens with one attached hydrogen (secondary N) is 1. The number of rotatable bonds is 6. The normalized spacial score (nSPS) is 20.6. The number of amidine groups is 1. The van der Waals surface area contributed by atoms with Gasteiger partial charge in [0.15, 0.2) is 5.78 Å². The number of halogens is 1. The van der Waals surface area contributed by atoms with Gasteiger partial charge in [0.05, 0.1) is 34.9 Å². The first kappa shape index (κ1) is 25.5. The van der Waals surface area contributed by atoms with Crippen LogP contribution in [0.15, 0.2) is 28.7 Å². The summed E-state index contributed by atoms with van der Waals surface area (Å²) in [5, 5.41) is 11.0. The zero-order valence-corrected chi connectivity index (χ0v) is 22.5. The molecule has 1 aromatic carbocycles. The van der Waals surface area contributed by atoms with Crippen molar-refractivity contribution < 1.29 is 9.90 Å². The minimum Gasteiger partial charge on any atom is -0.507 e. The summed E-state index contributed by atoms with van der Waals surface area (Å²) in [7, 11) is 0. The lowest BCUT2D eigenvalue weighted by atomic mass is 9.78. The number of nitrogens with zero attached hydrogens (tertiary/aromatic N) is 3. The number of benzene rings is 1. The van der Waals surface area contributed by atoms with Crippen molar-refractivity contribution in [2.75, 3.05) is 13.1 Å². The van der Waals surface area contributed by atoms with Crippen LogP contribution in [0, 0.1) is 5.92 Å². The largest absolute Gasteiger partial charge is 0.507 e. The Kier molecular flexibility index (Phi) is 7.42. The molecule has 6 nitrogen and oxygen atoms in total. The molecule has 1 aromatic heterocycles. The van der Waals surface area contributed by atoms with Gasteiger partial charge >= 0.3 is 0 Å². The van der Waals surface area contributed by atoms with Crippen LogP contribution >= 0.6 is 16.1 Å². The Hall–Kier alpha value is -2.15. The lowest BCUT2D eigenvalue weighted by Crippen LogP contribution is -2.32. The van der Waals surface area contributed by atoms with Crippen LogP contribution in [0.5, 0.6) is 5.75 Å². The molecule has 0 bridgehead atoms. The van der Waals surface area contributed by atoms with Crippen LogP contribution in [0.25, 0.3) is 0 Å². The van der Waals surface area contributed by atoms with Gasteiger partial charge in [-0.25, -0.2) is 4.98 Å². The van der Waals surface area contributed by atoms with E-state index in [1.165, 1.54) is 0 Å². The summed E-state index contributed by atoms with van der Waals surface area (Å²) in [5.41, 5.74) is 2.69. The molecule has 0 amide bonds. The Morgan fingerprint density at radius 2 is 1.82 bits per heavy atom. The highest BCUT2D eigenvalue weighted by Crippen LogP contribution is 2.41. The van der Waals surface area contributed by atoms with Gasteiger partial charge in [0.1, 0.15) is 11.6 Å². The Balaban J connectivity index is 1.96. The zero-order chi connectivity index (χ0) is 24.6. The van der Waals surface area contributed by atoms with E-state index in [-0.39, 0.29) is 34.8 Å². The number of phenolic OH excluding ortho intramolecular Hbond substituents is 1. The van der Waals surface area contributed by atoms with Gasteiger partial charge in [-0.2, -0.15) is 4.02 Å². The third-order valence-electron chi connectivity index (χ3n) is 6.51. The van der Waals surface area contributed by atoms with Gasteiger partial charge in [-0.15, -0.1) is 0 Å². The molecule has 1 aliphatic heterocycles. The number of likely N-dealkylation sites (tertiary alicyclic amines) is 1. The van der Waals surface area contributed by atoms with Gasteiger partial charge in [0, 0.05) is 35.1 Å². The van der Waals surface area contributed by atoms with Crippen molar-refractivity contribution in [3.8, 4) is 5.75 Å². The molecule has 7 heteroatoms. The van der Waals surface area contributed by atoms with Crippen molar-refractivity contribution in [3.63, 3.8) is 0 Å². The maximum atomic E-state index is 13.6. The number of aromatic hydroxyl groups is 1. The Morgan fingerprint density at radius 3 is 2.27 bits per heavy atom. The number of aromatic amines is 1. The molecular weight excluding hydrogens is 480 g/mol. The molecule has 0 spiro atoms. The van der Waals surface area contributed by atoms with Gasteiger partial charge in [0.2, 0.25) is 0 Å². The molecule has 2 aromatic rings. The van der Waals surface area contributed by atoms with E-state index < -0.39 is 0 Å². The summed E-state index contributed by atoms with van der Waals surface area (Å²) in [6.45, 7) is 15.5. The van der Waals surface area contributed by atoms with Crippen molar-refractivity contribution in [2.24, 2.45) is 9.94 Å². The van der Waals surface area contributed by atoms with Crippen LogP contribution in [0.2, 0.25) is 0 Å². The summed E-state index contributed by atoms with van der Waals surface area (Å²) in [6.07, 6.45) is 5.65. The van der Waals surface area contributed by atoms with Gasteiger partial charge in [-0.05, 0) is 35.3 Å². The number of phenols is 1. The summed E-state index contributed by atoms with van der Waals surface area (Å²) in [5.74, 6) is 1.61. The van der Waals surface area contributed by atoms with E-state index in [4.69, 9.17) is 0 Å². The van der Waals surface area contributed by atoms with Crippen LogP contribution < -0.4 is 0 Å². The third-order valence-corrected chi connectivity index (χ3v) is 6.87. The highest BCUT2D eigenvalue weighted by atomic mass is 79.9. The second-order valence-electron chi connectivity index (χ2n) is 11.2. The van der Waals surface area contributed by atoms with Crippen LogP contribution in [0.3, 0.4) is 0 Å². The summed E-state index contributed by atoms with van der Waals surface area (Å²) < 4.78 is 4.43. The van der Waals surface area contributed by atoms with E-state index in [1.54, 1.807) is 6.33 Å². The highest BCUT2D eigenvalue weighted by molar-refractivity contribution is 9.08. The Labute approximate surface area is 206 Å². The number of Topliss-reactive ketones (excluding diaryl/α,β-unsaturated/α-hetero) is 1. The monoisotopic (exact) mass is 516 g/mol. The maximum absolute atomic E-state index is 13.6. The summed E-state index contributed by atoms with van der Waals surface area (Å²) in [6, 6.07) is 3.73. The van der Waals surface area contributed by atoms with Crippen molar-refractivity contribution in [1.82, 2.24) is 14.9 Å². The van der Waals surface area contributed by atoms with E-state index in [2.05, 4.69) is 83.5 Å². The number of H-pyrrole nitrogens is 1. The maximum Gasteiger partial charge on any atom is 0.182 e. The molecule has 0 unspecified atom stereocenters. The minimum absolute atomic E-state index is 0.0279. The number of carbonyl (C=O) groups excluding carboxylic acids is 1. The molecule has 180 valence electrons. The predicted octanol–water partition coefficient (Wildman–Crippen LogP) is 6.12. The molecule has 1 aliphatic rings. The zero-order valence-electron chi connectivity index (χ0n) is 20.9. The van der Waals surface area contributed by atoms with Crippen LogP contribution in [0.1, 0.15) is 94.4 Å². The molecule has 1 fully saturated rings. The summed E-state index contributed by atoms with van der Waals surface area (Å²) in [4.78, 5) is 23.1. The third kappa shape index (κ3) is 5.34. The van der Waals surface area contributed by atoms with Crippen LogP contribution in [-0.2, 0) is 10.8 Å². The average Bonchev–Trinajstić information content (AvgIpc) is 3.34. The number of ketones is 1. The van der Waals surface area contributed by atoms with Crippen molar-refractivity contribution in [2.45, 2.75) is 78.1 Å². The van der Waals surface area contributed by atoms with E-state index >= 15 is 0 Å². The molecule has 0 radical (unpaired) electrons. The van der Waals surface area contributed by atoms with Crippen molar-refractivity contribution >= 4 is 27.8 Å². The van der Waals surface area contributed by atoms with E-state index in [0.717, 1.165) is 42.0 Å². The average molecular weight is 518 g/mol. The fourth-order valence-corrected chi connectivity index (χ4v) is 5.25. The lowest BCUT2D eigenvalue weighted by molar-refractivity contribution is 0.0963. The molecule has 1 saturated heterocycles. The van der Waals surface area contributed by atoms with E-state index in [1.807, 2.05) is 18.3 Å². The van der Waals surface area contributed by atoms with Gasteiger partial charge in [0.25, 0.3) is 0 Å². The first-order valence-electron chi connectivity index (χ1n) is 11.7. The molecule has 0 saturated carbocycles. The number of hydrogen-bond donors (Lipinski definition) is 2. The first-order valence-corrected chi connectivity index (χ1v) is 12.4. The quantitative estimate of drug-likeness (QED) is 0.453. The number of imidazole rings is 1. The SMILES string of the molecule is CCC[C@H]1CN(CC(=O)c2cc(C(C)(C)C)c(O)c(C(C)(C)C)c2)C(=NBr)[C@@H]1c1cnc[nH]1. The molecule has 3 rings (SSSR count). The predicted molar refractivity (Wildman–Crippen MR) is 137 cm³/mol. The smallest absolute Gasteiger partial charge is 0.182 e. The van der Waals surface area contributed by atoms with Crippen molar-refractivity contribution in [1.29, 1.82) is 0 Å². The second-order valence-corrected chi connectivity index (χ2v) is 11.6. The highest BCUT2D eigenvalue weighted by Gasteiger charge is 2.40. The van der Waals surface area contributed by atoms with Crippen molar-refractivity contribution in [3.05, 3.63) is 47.0 Å². The molecule has 2 heterocycles. The van der Waals surface area contributed by atoms with Gasteiger partial charge in [-0.3, -0.25) is 4.79 Å². The van der Waals surface area contributed by atoms with Gasteiger partial charge < -0.3 is 15.0 Å².